The molecular formula is C57H72N10O14S8. The van der Waals surface area contributed by atoms with E-state index in [2.05, 4.69) is 18.5 Å². The van der Waals surface area contributed by atoms with E-state index >= 15 is 0 Å². The number of fused-ring (bicyclic) bond motifs is 2. The molecule has 24 nitrogen and oxygen atoms in total. The number of nitrogens with two attached hydrogens (primary N) is 2. The molecule has 2 unspecified atom stereocenters. The van der Waals surface area contributed by atoms with E-state index in [1.165, 1.54) is 78.3 Å². The number of nitrogen functional groups attached to an aromatic ring is 2. The van der Waals surface area contributed by atoms with Gasteiger partial charge in [0, 0.05) is 94.8 Å². The third kappa shape index (κ3) is 15.2. The number of thioether (sulfide) groups is 2. The Morgan fingerprint density at radius 1 is 0.629 bits per heavy atom. The first-order chi connectivity index (χ1) is 41.7. The number of aromatic hydroxyl groups is 3. The molecule has 0 spiro atoms. The molecule has 32 heteroatoms. The number of benzene rings is 6. The van der Waals surface area contributed by atoms with Crippen LogP contribution in [0.3, 0.4) is 0 Å². The number of morpholine rings is 1. The number of nitrogens with one attached hydrogen (secondary N) is 3. The van der Waals surface area contributed by atoms with Gasteiger partial charge >= 0.3 is 0 Å². The molecule has 4 heterocycles. The number of phenolic OH excluding ortho intramolecular Hbond substituents is 3. The number of aromatic nitrogens is 1. The molecule has 6 aromatic carbocycles. The minimum atomic E-state index is -4.67. The van der Waals surface area contributed by atoms with Crippen molar-refractivity contribution in [3.05, 3.63) is 120 Å². The maximum absolute atomic E-state index is 14.7. The number of anilines is 3. The van der Waals surface area contributed by atoms with E-state index in [-0.39, 0.29) is 129 Å². The SMILES string of the molecule is CN1CC(C)(C)SC1c1cc(S(=O)(=O)NCCCN(CCCNS(=O)(=O)c2ccc(O)c(C3SC(C)(C)CN3C)c2)S(=O)(=O)c2cccc(S(=O)(=O)Nc3cccc4c(O)c(S(=O)(=O)N5CCOCC5)cc(N)c34)c2)ccc1O.Nc1snc2ccccc12. The molecule has 3 fully saturated rings. The van der Waals surface area contributed by atoms with Crippen LogP contribution in [0.4, 0.5) is 16.4 Å². The highest BCUT2D eigenvalue weighted by Crippen LogP contribution is 2.51. The standard InChI is InChI=1S/C50H66N8O14S7.C7H6N2S/c1-49(2)31-55(5)47(73-49)38-28-34(15-17-42(38)59)75(62,63)52-19-9-21-57(22-10-20-53-76(64,65)35-16-18-43(60)39(29-35)48-56(6)32-50(3,4)74-48)78(68,69)36-12-7-11-33(27-36)77(66,67)54-41-14-8-13-37-45(41)40(51)30-44(46(37)61)79(70,71)58-23-25-72-26-24-58;8-7-5-3-1-2-4-6(5)9-10-7/h7-8,11-18,27-30,47-48,52-54,59-61H,9-10,19-26,31-32,51H2,1-6H3;1-4H,8H2. The minimum Gasteiger partial charge on any atom is -0.508 e. The predicted octanol–water partition coefficient (Wildman–Crippen LogP) is 6.88. The van der Waals surface area contributed by atoms with Gasteiger partial charge in [-0.05, 0) is 145 Å². The molecule has 0 bridgehead atoms. The molecule has 7 aromatic rings. The van der Waals surface area contributed by atoms with Crippen molar-refractivity contribution < 1.29 is 62.1 Å². The molecular weight excluding hydrogens is 1310 g/mol. The number of hydrogen-bond donors (Lipinski definition) is 8. The molecule has 0 radical (unpaired) electrons. The Morgan fingerprint density at radius 3 is 1.66 bits per heavy atom. The summed E-state index contributed by atoms with van der Waals surface area (Å²) >= 11 is 4.50. The lowest BCUT2D eigenvalue weighted by atomic mass is 10.1. The molecule has 3 aliphatic heterocycles. The fourth-order valence-electron chi connectivity index (χ4n) is 10.8. The Kier molecular flexibility index (Phi) is 20.3. The average molecular weight is 1380 g/mol. The lowest BCUT2D eigenvalue weighted by Gasteiger charge is -2.26. The van der Waals surface area contributed by atoms with Crippen molar-refractivity contribution >= 4 is 123 Å². The Morgan fingerprint density at radius 2 is 1.13 bits per heavy atom. The lowest BCUT2D eigenvalue weighted by molar-refractivity contribution is 0.0730. The van der Waals surface area contributed by atoms with Crippen LogP contribution in [0.2, 0.25) is 0 Å². The number of nitrogens with zero attached hydrogens (tertiary/aromatic N) is 5. The monoisotopic (exact) mass is 1380 g/mol. The Balaban J connectivity index is 0.000000848. The molecule has 3 saturated heterocycles. The fourth-order valence-corrected chi connectivity index (χ4v) is 20.9. The quantitative estimate of drug-likeness (QED) is 0.0206. The normalized spacial score (nSPS) is 18.8. The smallest absolute Gasteiger partial charge is 0.261 e. The van der Waals surface area contributed by atoms with Crippen molar-refractivity contribution in [2.75, 3.05) is 95.9 Å². The summed E-state index contributed by atoms with van der Waals surface area (Å²) in [5, 5.41) is 34.0. The molecule has 2 atom stereocenters. The van der Waals surface area contributed by atoms with Crippen molar-refractivity contribution in [3.63, 3.8) is 0 Å². The molecule has 3 aliphatic rings. The number of ether oxygens (including phenoxy) is 1. The summed E-state index contributed by atoms with van der Waals surface area (Å²) < 4.78 is 158. The highest BCUT2D eigenvalue weighted by atomic mass is 32.2. The van der Waals surface area contributed by atoms with Gasteiger partial charge in [0.1, 0.15) is 27.1 Å². The largest absolute Gasteiger partial charge is 0.508 e. The van der Waals surface area contributed by atoms with E-state index in [1.54, 1.807) is 23.5 Å². The Hall–Kier alpha value is -5.56. The van der Waals surface area contributed by atoms with Crippen LogP contribution >= 0.6 is 35.1 Å². The van der Waals surface area contributed by atoms with Crippen molar-refractivity contribution in [1.82, 2.24) is 32.2 Å². The first-order valence-electron chi connectivity index (χ1n) is 28.0. The van der Waals surface area contributed by atoms with E-state index in [0.717, 1.165) is 42.7 Å². The van der Waals surface area contributed by atoms with Gasteiger partial charge in [0.2, 0.25) is 40.1 Å². The second-order valence-corrected chi connectivity index (χ2v) is 36.3. The van der Waals surface area contributed by atoms with Crippen LogP contribution in [0.5, 0.6) is 17.2 Å². The predicted molar refractivity (Wildman–Crippen MR) is 350 cm³/mol. The zero-order chi connectivity index (χ0) is 64.6. The van der Waals surface area contributed by atoms with Crippen molar-refractivity contribution in [2.24, 2.45) is 0 Å². The van der Waals surface area contributed by atoms with Gasteiger partial charge in [0.15, 0.2) is 0 Å². The Bertz CT molecular complexity index is 4260. The third-order valence-electron chi connectivity index (χ3n) is 15.0. The van der Waals surface area contributed by atoms with Gasteiger partial charge < -0.3 is 31.5 Å². The average Bonchev–Trinajstić information content (AvgIpc) is 1.95. The maximum atomic E-state index is 14.7. The highest BCUT2D eigenvalue weighted by molar-refractivity contribution is 8.01. The van der Waals surface area contributed by atoms with Crippen LogP contribution in [0.15, 0.2) is 134 Å². The topological polar surface area (TPSA) is 355 Å². The van der Waals surface area contributed by atoms with Crippen molar-refractivity contribution in [2.45, 2.75) is 85.3 Å². The zero-order valence-electron chi connectivity index (χ0n) is 49.5. The molecule has 0 amide bonds. The van der Waals surface area contributed by atoms with Gasteiger partial charge in [0.25, 0.3) is 10.0 Å². The molecule has 0 aliphatic carbocycles. The van der Waals surface area contributed by atoms with E-state index < -0.39 is 70.6 Å². The van der Waals surface area contributed by atoms with Crippen LogP contribution in [0.1, 0.15) is 62.4 Å². The molecule has 10 rings (SSSR count). The summed E-state index contributed by atoms with van der Waals surface area (Å²) in [4.78, 5) is 2.31. The number of rotatable bonds is 21. The zero-order valence-corrected chi connectivity index (χ0v) is 56.1. The molecule has 89 heavy (non-hydrogen) atoms. The van der Waals surface area contributed by atoms with Crippen LogP contribution < -0.4 is 25.6 Å². The van der Waals surface area contributed by atoms with Gasteiger partial charge in [-0.1, -0.05) is 30.3 Å². The van der Waals surface area contributed by atoms with E-state index in [4.69, 9.17) is 16.2 Å². The van der Waals surface area contributed by atoms with Crippen molar-refractivity contribution in [3.8, 4) is 17.2 Å². The lowest BCUT2D eigenvalue weighted by Crippen LogP contribution is -2.40. The second kappa shape index (κ2) is 26.6. The first-order valence-corrected chi connectivity index (χ1v) is 37.8. The number of sulfonamides is 5. The summed E-state index contributed by atoms with van der Waals surface area (Å²) in [5.74, 6) is -0.811. The van der Waals surface area contributed by atoms with Gasteiger partial charge in [0.05, 0.1) is 54.7 Å². The van der Waals surface area contributed by atoms with Gasteiger partial charge in [-0.3, -0.25) is 14.5 Å². The first kappa shape index (κ1) is 67.8. The van der Waals surface area contributed by atoms with Gasteiger partial charge in [-0.15, -0.1) is 23.5 Å². The van der Waals surface area contributed by atoms with Gasteiger partial charge in [-0.2, -0.15) is 13.0 Å². The highest BCUT2D eigenvalue weighted by Gasteiger charge is 2.40. The van der Waals surface area contributed by atoms with Crippen LogP contribution in [0, 0.1) is 0 Å². The third-order valence-corrected chi connectivity index (χ3v) is 27.0. The molecule has 0 saturated carbocycles. The van der Waals surface area contributed by atoms with E-state index in [0.29, 0.717) is 24.2 Å². The summed E-state index contributed by atoms with van der Waals surface area (Å²) in [6.07, 6.45) is -0.203. The maximum Gasteiger partial charge on any atom is 0.261 e. The van der Waals surface area contributed by atoms with Crippen LogP contribution in [-0.2, 0) is 54.9 Å². The Labute approximate surface area is 532 Å². The fraction of sp³-hybridized carbons (Fsp3) is 0.386. The molecule has 482 valence electrons. The summed E-state index contributed by atoms with van der Waals surface area (Å²) in [7, 11) is -18.2. The van der Waals surface area contributed by atoms with Crippen molar-refractivity contribution in [1.29, 1.82) is 0 Å². The summed E-state index contributed by atoms with van der Waals surface area (Å²) in [6, 6.07) is 25.4. The molecule has 10 N–H and O–H groups in total. The van der Waals surface area contributed by atoms with E-state index in [9.17, 15) is 57.4 Å². The summed E-state index contributed by atoms with van der Waals surface area (Å²) in [6.45, 7) is 8.77. The van der Waals surface area contributed by atoms with Crippen LogP contribution in [-0.4, -0.2) is 169 Å². The number of phenols is 3. The number of hydrogen-bond acceptors (Lipinski definition) is 22. The van der Waals surface area contributed by atoms with E-state index in [1.807, 2.05) is 75.9 Å². The minimum absolute atomic E-state index is 0.0312. The van der Waals surface area contributed by atoms with Crippen LogP contribution in [0.25, 0.3) is 21.7 Å². The van der Waals surface area contributed by atoms with Gasteiger partial charge in [-0.25, -0.2) is 51.5 Å². The second-order valence-electron chi connectivity index (χ2n) is 22.8. The molecule has 1 aromatic heterocycles. The summed E-state index contributed by atoms with van der Waals surface area (Å²) in [5.41, 5.74) is 13.5.